The molecule has 1 aromatic carbocycles. The van der Waals surface area contributed by atoms with Gasteiger partial charge in [0.1, 0.15) is 0 Å². The van der Waals surface area contributed by atoms with Crippen LogP contribution < -0.4 is 10.6 Å². The molecule has 0 bridgehead atoms. The van der Waals surface area contributed by atoms with Crippen LogP contribution in [0.4, 0.5) is 5.69 Å². The Hall–Kier alpha value is -1.85. The van der Waals surface area contributed by atoms with E-state index in [9.17, 15) is 4.79 Å². The minimum atomic E-state index is -0.0612. The summed E-state index contributed by atoms with van der Waals surface area (Å²) in [5.74, 6) is 0.211. The van der Waals surface area contributed by atoms with E-state index in [2.05, 4.69) is 28.7 Å². The molecule has 0 radical (unpaired) electrons. The van der Waals surface area contributed by atoms with Gasteiger partial charge in [0.05, 0.1) is 12.1 Å². The molecule has 2 aromatic rings. The zero-order valence-corrected chi connectivity index (χ0v) is 15.0. The highest BCUT2D eigenvalue weighted by Crippen LogP contribution is 2.29. The second-order valence-electron chi connectivity index (χ2n) is 6.21. The molecule has 0 unspecified atom stereocenters. The average molecular weight is 349 g/mol. The summed E-state index contributed by atoms with van der Waals surface area (Å²) in [4.78, 5) is 12.8. The predicted octanol–water partition coefficient (Wildman–Crippen LogP) is 2.74. The van der Waals surface area contributed by atoms with Crippen molar-refractivity contribution in [2.45, 2.75) is 25.7 Å². The lowest BCUT2D eigenvalue weighted by atomic mass is 9.90. The Balaban J connectivity index is 0.00000208. The summed E-state index contributed by atoms with van der Waals surface area (Å²) in [6.07, 6.45) is 5.91. The van der Waals surface area contributed by atoms with Crippen molar-refractivity contribution in [1.29, 1.82) is 0 Å². The minimum Gasteiger partial charge on any atom is -0.326 e. The lowest BCUT2D eigenvalue weighted by Crippen LogP contribution is -2.28. The monoisotopic (exact) mass is 348 g/mol. The van der Waals surface area contributed by atoms with Crippen molar-refractivity contribution in [2.24, 2.45) is 13.0 Å². The zero-order chi connectivity index (χ0) is 16.2. The number of carbonyl (C=O) groups excluding carboxylic acids is 1. The fourth-order valence-electron chi connectivity index (χ4n) is 3.29. The molecule has 5 nitrogen and oxygen atoms in total. The average Bonchev–Trinajstić information content (AvgIpc) is 3.18. The second kappa shape index (κ2) is 8.31. The molecular formula is C18H25ClN4O. The lowest BCUT2D eigenvalue weighted by Gasteiger charge is -2.18. The molecule has 2 N–H and O–H groups in total. The minimum absolute atomic E-state index is 0. The van der Waals surface area contributed by atoms with E-state index in [0.29, 0.717) is 6.54 Å². The summed E-state index contributed by atoms with van der Waals surface area (Å²) in [7, 11) is 1.90. The van der Waals surface area contributed by atoms with E-state index < -0.39 is 0 Å². The van der Waals surface area contributed by atoms with Crippen LogP contribution in [-0.2, 0) is 18.3 Å². The number of halogens is 1. The van der Waals surface area contributed by atoms with Crippen LogP contribution in [0.25, 0.3) is 0 Å². The van der Waals surface area contributed by atoms with Crippen LogP contribution in [0.2, 0.25) is 0 Å². The maximum atomic E-state index is 12.8. The number of aryl methyl sites for hydroxylation is 2. The number of aromatic nitrogens is 2. The van der Waals surface area contributed by atoms with Crippen LogP contribution in [-0.4, -0.2) is 28.8 Å². The fourth-order valence-corrected chi connectivity index (χ4v) is 3.29. The van der Waals surface area contributed by atoms with Crippen LogP contribution in [0, 0.1) is 5.92 Å². The van der Waals surface area contributed by atoms with E-state index in [1.165, 1.54) is 5.56 Å². The van der Waals surface area contributed by atoms with Crippen molar-refractivity contribution < 1.29 is 4.79 Å². The third-order valence-corrected chi connectivity index (χ3v) is 4.50. The molecule has 1 saturated heterocycles. The lowest BCUT2D eigenvalue weighted by molar-refractivity contribution is -0.119. The zero-order valence-electron chi connectivity index (χ0n) is 14.2. The molecule has 130 valence electrons. The van der Waals surface area contributed by atoms with Crippen molar-refractivity contribution in [3.05, 3.63) is 47.8 Å². The van der Waals surface area contributed by atoms with E-state index in [1.807, 2.05) is 37.6 Å². The highest BCUT2D eigenvalue weighted by molar-refractivity contribution is 5.94. The quantitative estimate of drug-likeness (QED) is 0.873. The first kappa shape index (κ1) is 18.5. The topological polar surface area (TPSA) is 59.0 Å². The van der Waals surface area contributed by atoms with Gasteiger partial charge >= 0.3 is 0 Å². The van der Waals surface area contributed by atoms with Gasteiger partial charge in [0.25, 0.3) is 0 Å². The molecule has 2 heterocycles. The Kier molecular flexibility index (Phi) is 6.40. The van der Waals surface area contributed by atoms with E-state index in [-0.39, 0.29) is 30.2 Å². The van der Waals surface area contributed by atoms with Crippen LogP contribution in [0.3, 0.4) is 0 Å². The van der Waals surface area contributed by atoms with E-state index in [0.717, 1.165) is 30.6 Å². The van der Waals surface area contributed by atoms with Gasteiger partial charge in [-0.1, -0.05) is 31.5 Å². The summed E-state index contributed by atoms with van der Waals surface area (Å²) < 4.78 is 1.79. The number of nitrogens with one attached hydrogen (secondary N) is 2. The number of benzene rings is 1. The smallest absolute Gasteiger partial charge is 0.229 e. The Morgan fingerprint density at radius 1 is 1.38 bits per heavy atom. The first-order valence-corrected chi connectivity index (χ1v) is 8.27. The number of hydrogen-bond donors (Lipinski definition) is 2. The largest absolute Gasteiger partial charge is 0.326 e. The molecule has 1 fully saturated rings. The molecule has 1 aliphatic rings. The highest BCUT2D eigenvalue weighted by Gasteiger charge is 2.34. The Labute approximate surface area is 149 Å². The molecule has 2 atom stereocenters. The van der Waals surface area contributed by atoms with Crippen molar-refractivity contribution >= 4 is 24.0 Å². The Morgan fingerprint density at radius 2 is 2.17 bits per heavy atom. The Bertz CT molecular complexity index is 685. The third kappa shape index (κ3) is 3.97. The van der Waals surface area contributed by atoms with Gasteiger partial charge in [-0.25, -0.2) is 0 Å². The molecular weight excluding hydrogens is 324 g/mol. The normalized spacial score (nSPS) is 19.8. The molecule has 1 amide bonds. The SMILES string of the molecule is CCCc1ccccc1NC(=O)[C@H]1CNC[C@@H]1c1cnn(C)c1.Cl. The number of hydrogen-bond acceptors (Lipinski definition) is 3. The highest BCUT2D eigenvalue weighted by atomic mass is 35.5. The summed E-state index contributed by atoms with van der Waals surface area (Å²) >= 11 is 0. The first-order valence-electron chi connectivity index (χ1n) is 8.27. The summed E-state index contributed by atoms with van der Waals surface area (Å²) in [6, 6.07) is 8.07. The van der Waals surface area contributed by atoms with Crippen molar-refractivity contribution in [3.8, 4) is 0 Å². The number of rotatable bonds is 5. The number of amides is 1. The summed E-state index contributed by atoms with van der Waals surface area (Å²) in [5, 5.41) is 10.7. The number of para-hydroxylation sites is 1. The number of carbonyl (C=O) groups is 1. The van der Waals surface area contributed by atoms with Crippen molar-refractivity contribution in [1.82, 2.24) is 15.1 Å². The molecule has 0 spiro atoms. The number of nitrogens with zero attached hydrogens (tertiary/aromatic N) is 2. The first-order chi connectivity index (χ1) is 11.2. The summed E-state index contributed by atoms with van der Waals surface area (Å²) in [6.45, 7) is 3.68. The van der Waals surface area contributed by atoms with Gasteiger partial charge in [-0.2, -0.15) is 5.10 Å². The molecule has 6 heteroatoms. The Morgan fingerprint density at radius 3 is 2.88 bits per heavy atom. The van der Waals surface area contributed by atoms with Crippen molar-refractivity contribution in [3.63, 3.8) is 0 Å². The summed E-state index contributed by atoms with van der Waals surface area (Å²) in [5.41, 5.74) is 3.27. The van der Waals surface area contributed by atoms with Gasteiger partial charge in [0, 0.05) is 37.9 Å². The van der Waals surface area contributed by atoms with Crippen LogP contribution >= 0.6 is 12.4 Å². The number of anilines is 1. The van der Waals surface area contributed by atoms with Crippen LogP contribution in [0.1, 0.15) is 30.4 Å². The van der Waals surface area contributed by atoms with Gasteiger partial charge in [-0.05, 0) is 23.6 Å². The van der Waals surface area contributed by atoms with Gasteiger partial charge < -0.3 is 10.6 Å². The standard InChI is InChI=1S/C18H24N4O.ClH/c1-3-6-13-7-4-5-8-17(13)21-18(23)16-11-19-10-15(16)14-9-20-22(2)12-14;/h4-5,7-9,12,15-16,19H,3,6,10-11H2,1-2H3,(H,21,23);1H/t15-,16+;/m1./s1. The molecule has 1 aromatic heterocycles. The van der Waals surface area contributed by atoms with Crippen LogP contribution in [0.15, 0.2) is 36.7 Å². The molecule has 0 saturated carbocycles. The van der Waals surface area contributed by atoms with Gasteiger partial charge in [0.2, 0.25) is 5.91 Å². The molecule has 1 aliphatic heterocycles. The third-order valence-electron chi connectivity index (χ3n) is 4.50. The fraction of sp³-hybridized carbons (Fsp3) is 0.444. The van der Waals surface area contributed by atoms with Crippen LogP contribution in [0.5, 0.6) is 0 Å². The second-order valence-corrected chi connectivity index (χ2v) is 6.21. The maximum Gasteiger partial charge on any atom is 0.229 e. The maximum absolute atomic E-state index is 12.8. The molecule has 0 aliphatic carbocycles. The molecule has 3 rings (SSSR count). The van der Waals surface area contributed by atoms with Gasteiger partial charge in [0.15, 0.2) is 0 Å². The van der Waals surface area contributed by atoms with Crippen molar-refractivity contribution in [2.75, 3.05) is 18.4 Å². The van der Waals surface area contributed by atoms with Gasteiger partial charge in [-0.3, -0.25) is 9.48 Å². The molecule has 24 heavy (non-hydrogen) atoms. The van der Waals surface area contributed by atoms with Gasteiger partial charge in [-0.15, -0.1) is 12.4 Å². The predicted molar refractivity (Wildman–Crippen MR) is 98.6 cm³/mol. The van der Waals surface area contributed by atoms with E-state index in [4.69, 9.17) is 0 Å². The van der Waals surface area contributed by atoms with E-state index >= 15 is 0 Å². The van der Waals surface area contributed by atoms with E-state index in [1.54, 1.807) is 4.68 Å².